The van der Waals surface area contributed by atoms with E-state index in [1.165, 1.54) is 0 Å². The van der Waals surface area contributed by atoms with Crippen molar-refractivity contribution in [1.82, 2.24) is 0 Å². The summed E-state index contributed by atoms with van der Waals surface area (Å²) in [7, 11) is -6.40. The molecule has 0 amide bonds. The Morgan fingerprint density at radius 2 is 1.11 bits per heavy atom. The van der Waals surface area contributed by atoms with E-state index in [1.807, 2.05) is 4.19 Å². The van der Waals surface area contributed by atoms with Crippen molar-refractivity contribution in [3.63, 3.8) is 0 Å². The van der Waals surface area contributed by atoms with Crippen molar-refractivity contribution in [3.8, 4) is 24.8 Å². The van der Waals surface area contributed by atoms with Gasteiger partial charge in [0.25, 0.3) is 15.3 Å². The van der Waals surface area contributed by atoms with E-state index in [0.717, 1.165) is 24.8 Å². The van der Waals surface area contributed by atoms with Gasteiger partial charge in [0.1, 0.15) is 13.2 Å². The van der Waals surface area contributed by atoms with Gasteiger partial charge in [0.15, 0.2) is 6.10 Å². The molecule has 0 radical (unpaired) electrons. The van der Waals surface area contributed by atoms with E-state index in [9.17, 15) is 35.3 Å². The molecule has 20 heteroatoms. The maximum Gasteiger partial charge on any atom is 0.294 e. The van der Waals surface area contributed by atoms with E-state index in [0.29, 0.717) is 0 Å². The number of nitriles is 5. The average Bonchev–Trinajstić information content (AvgIpc) is 2.68. The summed E-state index contributed by atoms with van der Waals surface area (Å²) in [6, 6.07) is 0. The van der Waals surface area contributed by atoms with Crippen LogP contribution in [-0.4, -0.2) is 34.6 Å². The van der Waals surface area contributed by atoms with Gasteiger partial charge in [0.05, 0.1) is 0 Å². The molecule has 0 saturated heterocycles. The summed E-state index contributed by atoms with van der Waals surface area (Å²) in [4.78, 5) is 55.4. The smallest absolute Gasteiger partial charge is 0.294 e. The first-order valence-electron chi connectivity index (χ1n) is 5.62. The zero-order valence-corrected chi connectivity index (χ0v) is 14.1. The fourth-order valence-corrected chi connectivity index (χ4v) is 1.55. The second-order valence-corrected chi connectivity index (χ2v) is 9.16. The van der Waals surface area contributed by atoms with Crippen molar-refractivity contribution in [3.05, 3.63) is 35.3 Å². The van der Waals surface area contributed by atoms with Gasteiger partial charge < -0.3 is 14.5 Å². The molecule has 28 heavy (non-hydrogen) atoms. The topological polar surface area (TPSA) is 305 Å². The van der Waals surface area contributed by atoms with Crippen LogP contribution < -0.4 is 0 Å². The first-order chi connectivity index (χ1) is 12.9. The fourth-order valence-electron chi connectivity index (χ4n) is 0.768. The van der Waals surface area contributed by atoms with Crippen LogP contribution in [0.1, 0.15) is 0 Å². The van der Waals surface area contributed by atoms with Crippen LogP contribution in [-0.2, 0) is 25.5 Å². The molecule has 0 aromatic rings. The van der Waals surface area contributed by atoms with Crippen molar-refractivity contribution in [1.29, 1.82) is 26.3 Å². The van der Waals surface area contributed by atoms with E-state index in [4.69, 9.17) is 26.3 Å². The van der Waals surface area contributed by atoms with Crippen LogP contribution in [0.3, 0.4) is 0 Å². The van der Waals surface area contributed by atoms with E-state index in [2.05, 4.69) is 14.5 Å². The molecule has 0 saturated carbocycles. The molecule has 0 aliphatic carbocycles. The van der Waals surface area contributed by atoms with Crippen molar-refractivity contribution < 1.29 is 40.7 Å². The van der Waals surface area contributed by atoms with Crippen LogP contribution in [0.2, 0.25) is 0 Å². The standard InChI is InChI=1S/C3H5N3O9.5CN.Fe.NO/c7-4(8)13-1-3(15-6(11)12)2-14-5(9)10;5*1-2;;1-2/h3H,1-2H2;;;;;;;/q;;;;;;+1;-1. The predicted octanol–water partition coefficient (Wildman–Crippen LogP) is -0.722. The molecule has 0 spiro atoms. The van der Waals surface area contributed by atoms with Gasteiger partial charge in [0.2, 0.25) is 0 Å². The third kappa shape index (κ3) is 5.61. The number of rotatable bonds is 9. The number of nitroso groups, excluding NO2 is 1. The summed E-state index contributed by atoms with van der Waals surface area (Å²) in [5.74, 6) is 0. The van der Waals surface area contributed by atoms with E-state index in [-0.39, 0.29) is 0 Å². The van der Waals surface area contributed by atoms with E-state index in [1.54, 1.807) is 0 Å². The summed E-state index contributed by atoms with van der Waals surface area (Å²) in [5, 5.41) is 68.1. The van der Waals surface area contributed by atoms with E-state index < -0.39 is 45.5 Å². The molecule has 0 rings (SSSR count). The summed E-state index contributed by atoms with van der Waals surface area (Å²) in [6.07, 6.45) is -1.55. The quantitative estimate of drug-likeness (QED) is 0.184. The molecule has 0 atom stereocenters. The molecular formula is C8H5FeN9O10. The molecule has 0 aliphatic rings. The second-order valence-electron chi connectivity index (χ2n) is 3.73. The second kappa shape index (κ2) is 9.03. The fraction of sp³-hybridized carbons (Fsp3) is 0.375. The normalized spacial score (nSPS) is 11.4. The van der Waals surface area contributed by atoms with Crippen molar-refractivity contribution >= 4 is 0 Å². The van der Waals surface area contributed by atoms with Gasteiger partial charge in [0, 0.05) is 0 Å². The predicted molar refractivity (Wildman–Crippen MR) is 71.6 cm³/mol. The molecule has 0 heterocycles. The Morgan fingerprint density at radius 3 is 1.25 bits per heavy atom. The minimum Gasteiger partial charge on any atom is -0.311 e. The van der Waals surface area contributed by atoms with Crippen molar-refractivity contribution in [2.24, 2.45) is 4.19 Å². The Balaban J connectivity index is 0. The summed E-state index contributed by atoms with van der Waals surface area (Å²) in [5.41, 5.74) is 0. The minimum absolute atomic E-state index is 0.845. The minimum atomic E-state index is -6.40. The summed E-state index contributed by atoms with van der Waals surface area (Å²) in [6.45, 7) is -1.69. The monoisotopic (exact) mass is 443 g/mol. The Hall–Kier alpha value is -4.83. The van der Waals surface area contributed by atoms with Gasteiger partial charge in [-0.2, -0.15) is 0 Å². The Morgan fingerprint density at radius 1 is 0.786 bits per heavy atom. The van der Waals surface area contributed by atoms with Gasteiger partial charge in [-0.1, -0.05) is 0 Å². The Kier molecular flexibility index (Phi) is 8.19. The Bertz CT molecular complexity index is 774. The van der Waals surface area contributed by atoms with Crippen LogP contribution in [0, 0.1) is 86.4 Å². The third-order valence-electron chi connectivity index (χ3n) is 2.10. The molecule has 0 unspecified atom stereocenters. The molecule has 150 valence electrons. The van der Waals surface area contributed by atoms with Crippen molar-refractivity contribution in [2.45, 2.75) is 6.10 Å². The van der Waals surface area contributed by atoms with Crippen LogP contribution in [0.15, 0.2) is 4.19 Å². The SMILES string of the molecule is N#[C][Fe]([C]#N)([C]#N)([C]#N)([C]#N)[N]=O.O=[N+]([O-])OCC(CO[N+](=O)[O-])O[N+](=O)[O-]. The van der Waals surface area contributed by atoms with E-state index >= 15 is 0 Å². The first-order valence-corrected chi connectivity index (χ1v) is 8.87. The average molecular weight is 443 g/mol. The van der Waals surface area contributed by atoms with Gasteiger partial charge in [-0.15, -0.1) is 30.3 Å². The third-order valence-corrected chi connectivity index (χ3v) is 5.62. The summed E-state index contributed by atoms with van der Waals surface area (Å²) < 4.78 is 1.97. The molecule has 0 aromatic carbocycles. The molecule has 0 fully saturated rings. The molecule has 0 N–H and O–H groups in total. The summed E-state index contributed by atoms with van der Waals surface area (Å²) >= 11 is 0. The van der Waals surface area contributed by atoms with Crippen LogP contribution in [0.4, 0.5) is 0 Å². The number of hydrogen-bond donors (Lipinski definition) is 0. The van der Waals surface area contributed by atoms with Gasteiger partial charge in [-0.25, -0.2) is 0 Å². The van der Waals surface area contributed by atoms with Crippen molar-refractivity contribution in [2.75, 3.05) is 13.2 Å². The Labute approximate surface area is 151 Å². The first kappa shape index (κ1) is 25.4. The maximum atomic E-state index is 10.3. The molecule has 0 bridgehead atoms. The van der Waals surface area contributed by atoms with Crippen LogP contribution >= 0.6 is 0 Å². The molecule has 0 aromatic heterocycles. The van der Waals surface area contributed by atoms with Gasteiger partial charge in [-0.3, -0.25) is 0 Å². The number of hydrogen-bond acceptors (Lipinski definition) is 16. The largest absolute Gasteiger partial charge is 0.311 e. The zero-order valence-electron chi connectivity index (χ0n) is 13.0. The molecular weight excluding hydrogens is 438 g/mol. The molecule has 19 nitrogen and oxygen atoms in total. The zero-order chi connectivity index (χ0) is 22.5. The van der Waals surface area contributed by atoms with Crippen LogP contribution in [0.25, 0.3) is 0 Å². The molecule has 0 aliphatic heterocycles. The number of nitrogens with zero attached hydrogens (tertiary/aromatic N) is 9. The van der Waals surface area contributed by atoms with Gasteiger partial charge >= 0.3 is 71.2 Å². The van der Waals surface area contributed by atoms with Crippen LogP contribution in [0.5, 0.6) is 0 Å². The van der Waals surface area contributed by atoms with Gasteiger partial charge in [-0.05, 0) is 0 Å². The maximum absolute atomic E-state index is 10.3.